The molecule has 4 aromatic carbocycles. The predicted octanol–water partition coefficient (Wildman–Crippen LogP) is 11.2. The Labute approximate surface area is 292 Å². The lowest BCUT2D eigenvalue weighted by Crippen LogP contribution is -2.10. The van der Waals surface area contributed by atoms with Crippen LogP contribution in [0.4, 0.5) is 17.1 Å². The molecule has 3 heterocycles. The summed E-state index contributed by atoms with van der Waals surface area (Å²) in [6.45, 7) is 0. The van der Waals surface area contributed by atoms with Crippen LogP contribution in [-0.2, 0) is 0 Å². The Balaban J connectivity index is 1.17. The molecule has 5 nitrogen and oxygen atoms in total. The fraction of sp³-hybridized carbons (Fsp3) is 0. The van der Waals surface area contributed by atoms with E-state index in [2.05, 4.69) is 123 Å². The van der Waals surface area contributed by atoms with Crippen molar-refractivity contribution in [1.82, 2.24) is 15.0 Å². The fourth-order valence-corrected chi connectivity index (χ4v) is 5.59. The third kappa shape index (κ3) is 7.98. The van der Waals surface area contributed by atoms with Crippen molar-refractivity contribution in [2.24, 2.45) is 0 Å². The predicted molar refractivity (Wildman–Crippen MR) is 208 cm³/mol. The maximum atomic E-state index is 11.4. The number of rotatable bonds is 10. The summed E-state index contributed by atoms with van der Waals surface area (Å²) in [6.07, 6.45) is 23.2. The third-order valence-corrected chi connectivity index (χ3v) is 8.29. The monoisotopic (exact) mass is 646 g/mol. The van der Waals surface area contributed by atoms with E-state index < -0.39 is 0 Å². The number of aromatic hydroxyl groups is 1. The number of benzene rings is 4. The summed E-state index contributed by atoms with van der Waals surface area (Å²) in [7, 11) is 0. The van der Waals surface area contributed by atoms with E-state index in [9.17, 15) is 5.11 Å². The first kappa shape index (κ1) is 31.7. The summed E-state index contributed by atoms with van der Waals surface area (Å²) in [5.41, 5.74) is 11.0. The minimum atomic E-state index is 0.210. The third-order valence-electron chi connectivity index (χ3n) is 8.29. The number of pyridine rings is 3. The molecule has 0 aliphatic carbocycles. The van der Waals surface area contributed by atoms with Gasteiger partial charge in [0.1, 0.15) is 5.75 Å². The molecule has 1 N–H and O–H groups in total. The zero-order valence-corrected chi connectivity index (χ0v) is 27.3. The molecule has 0 bridgehead atoms. The lowest BCUT2D eigenvalue weighted by Gasteiger charge is -2.26. The second-order valence-electron chi connectivity index (χ2n) is 11.7. The van der Waals surface area contributed by atoms with Gasteiger partial charge in [-0.2, -0.15) is 0 Å². The SMILES string of the molecule is Oc1cc(N(c2ccc(/C=C/c3ccncc3)cc2)c2ccc(/C=C/c3ccncc3)cc2)ccc1-c1ccc(/C=C/c2ccncc2)cc1. The molecule has 0 atom stereocenters. The van der Waals surface area contributed by atoms with Crippen molar-refractivity contribution < 1.29 is 5.11 Å². The van der Waals surface area contributed by atoms with E-state index in [4.69, 9.17) is 0 Å². The van der Waals surface area contributed by atoms with Crippen LogP contribution in [0.5, 0.6) is 5.75 Å². The molecular weight excluding hydrogens is 613 g/mol. The average molecular weight is 647 g/mol. The van der Waals surface area contributed by atoms with Gasteiger partial charge in [-0.1, -0.05) is 85.0 Å². The molecule has 7 rings (SSSR count). The van der Waals surface area contributed by atoms with Crippen molar-refractivity contribution in [2.45, 2.75) is 0 Å². The Bertz CT molecular complexity index is 2140. The van der Waals surface area contributed by atoms with Gasteiger partial charge in [-0.25, -0.2) is 0 Å². The average Bonchev–Trinajstić information content (AvgIpc) is 3.18. The van der Waals surface area contributed by atoms with Crippen LogP contribution < -0.4 is 4.90 Å². The summed E-state index contributed by atoms with van der Waals surface area (Å²) in [5.74, 6) is 0.210. The smallest absolute Gasteiger partial charge is 0.125 e. The topological polar surface area (TPSA) is 62.1 Å². The van der Waals surface area contributed by atoms with E-state index in [1.54, 1.807) is 37.2 Å². The highest BCUT2D eigenvalue weighted by atomic mass is 16.3. The Kier molecular flexibility index (Phi) is 9.75. The molecule has 0 aliphatic heterocycles. The second kappa shape index (κ2) is 15.4. The van der Waals surface area contributed by atoms with Crippen molar-refractivity contribution >= 4 is 53.5 Å². The van der Waals surface area contributed by atoms with Crippen LogP contribution in [0.3, 0.4) is 0 Å². The van der Waals surface area contributed by atoms with Crippen LogP contribution in [-0.4, -0.2) is 20.1 Å². The van der Waals surface area contributed by atoms with Crippen molar-refractivity contribution in [1.29, 1.82) is 0 Å². The maximum absolute atomic E-state index is 11.4. The van der Waals surface area contributed by atoms with Gasteiger partial charge in [0.05, 0.1) is 0 Å². The Morgan fingerprint density at radius 1 is 0.360 bits per heavy atom. The molecule has 0 unspecified atom stereocenters. The second-order valence-corrected chi connectivity index (χ2v) is 11.7. The molecule has 0 amide bonds. The quantitative estimate of drug-likeness (QED) is 0.160. The molecule has 5 heteroatoms. The van der Waals surface area contributed by atoms with E-state index in [1.165, 1.54) is 0 Å². The maximum Gasteiger partial charge on any atom is 0.125 e. The van der Waals surface area contributed by atoms with E-state index >= 15 is 0 Å². The number of anilines is 3. The van der Waals surface area contributed by atoms with Gasteiger partial charge in [0, 0.05) is 65.9 Å². The number of phenols is 1. The zero-order valence-electron chi connectivity index (χ0n) is 27.3. The molecule has 0 saturated heterocycles. The zero-order chi connectivity index (χ0) is 34.0. The minimum Gasteiger partial charge on any atom is -0.507 e. The van der Waals surface area contributed by atoms with Crippen molar-refractivity contribution in [3.8, 4) is 16.9 Å². The molecule has 3 aromatic heterocycles. The molecule has 0 aliphatic rings. The number of hydrogen-bond acceptors (Lipinski definition) is 5. The normalized spacial score (nSPS) is 11.4. The van der Waals surface area contributed by atoms with Gasteiger partial charge in [-0.3, -0.25) is 15.0 Å². The molecule has 50 heavy (non-hydrogen) atoms. The molecule has 7 aromatic rings. The lowest BCUT2D eigenvalue weighted by molar-refractivity contribution is 0.477. The van der Waals surface area contributed by atoms with Gasteiger partial charge < -0.3 is 10.0 Å². The highest BCUT2D eigenvalue weighted by Gasteiger charge is 2.15. The van der Waals surface area contributed by atoms with E-state index in [0.29, 0.717) is 0 Å². The minimum absolute atomic E-state index is 0.210. The highest BCUT2D eigenvalue weighted by molar-refractivity contribution is 5.83. The first-order chi connectivity index (χ1) is 24.7. The largest absolute Gasteiger partial charge is 0.507 e. The first-order valence-corrected chi connectivity index (χ1v) is 16.4. The Morgan fingerprint density at radius 2 is 0.680 bits per heavy atom. The molecule has 0 fully saturated rings. The molecule has 240 valence electrons. The Hall–Kier alpha value is -6.85. The number of aromatic nitrogens is 3. The number of nitrogens with zero attached hydrogens (tertiary/aromatic N) is 4. The van der Waals surface area contributed by atoms with Gasteiger partial charge in [-0.05, 0) is 112 Å². The molecule has 0 saturated carbocycles. The van der Waals surface area contributed by atoms with Gasteiger partial charge in [0.25, 0.3) is 0 Å². The van der Waals surface area contributed by atoms with Crippen LogP contribution in [0.15, 0.2) is 165 Å². The van der Waals surface area contributed by atoms with Crippen LogP contribution in [0.1, 0.15) is 33.4 Å². The first-order valence-electron chi connectivity index (χ1n) is 16.4. The van der Waals surface area contributed by atoms with Gasteiger partial charge in [0.15, 0.2) is 0 Å². The summed E-state index contributed by atoms with van der Waals surface area (Å²) in [4.78, 5) is 14.4. The molecule has 0 radical (unpaired) electrons. The number of hydrogen-bond donors (Lipinski definition) is 1. The van der Waals surface area contributed by atoms with E-state index in [0.717, 1.165) is 61.6 Å². The van der Waals surface area contributed by atoms with Gasteiger partial charge in [-0.15, -0.1) is 0 Å². The van der Waals surface area contributed by atoms with Crippen LogP contribution in [0, 0.1) is 0 Å². The van der Waals surface area contributed by atoms with Crippen LogP contribution in [0.2, 0.25) is 0 Å². The molecule has 0 spiro atoms. The van der Waals surface area contributed by atoms with Crippen molar-refractivity contribution in [3.05, 3.63) is 198 Å². The standard InChI is InChI=1S/C45H34N4O/c50-45-33-43(19-20-44(45)40-13-7-34(8-14-40)1-4-37-21-27-46-28-22-37)49(41-15-9-35(10-16-41)2-5-38-23-29-47-30-24-38)42-17-11-36(12-18-42)3-6-39-25-31-48-32-26-39/h1-33,50H/b4-1+,5-2+,6-3+. The summed E-state index contributed by atoms with van der Waals surface area (Å²) >= 11 is 0. The van der Waals surface area contributed by atoms with E-state index in [1.807, 2.05) is 60.7 Å². The summed E-state index contributed by atoms with van der Waals surface area (Å²) in [6, 6.07) is 42.7. The summed E-state index contributed by atoms with van der Waals surface area (Å²) in [5, 5.41) is 11.4. The fourth-order valence-electron chi connectivity index (χ4n) is 5.59. The van der Waals surface area contributed by atoms with Gasteiger partial charge in [0.2, 0.25) is 0 Å². The van der Waals surface area contributed by atoms with Crippen molar-refractivity contribution in [2.75, 3.05) is 4.90 Å². The van der Waals surface area contributed by atoms with E-state index in [-0.39, 0.29) is 5.75 Å². The highest BCUT2D eigenvalue weighted by Crippen LogP contribution is 2.40. The number of phenolic OH excluding ortho intramolecular Hbond substituents is 1. The Morgan fingerprint density at radius 3 is 1.04 bits per heavy atom. The van der Waals surface area contributed by atoms with Crippen molar-refractivity contribution in [3.63, 3.8) is 0 Å². The lowest BCUT2D eigenvalue weighted by atomic mass is 10.0. The summed E-state index contributed by atoms with van der Waals surface area (Å²) < 4.78 is 0. The molecular formula is C45H34N4O. The van der Waals surface area contributed by atoms with Crippen LogP contribution in [0.25, 0.3) is 47.6 Å². The van der Waals surface area contributed by atoms with Gasteiger partial charge >= 0.3 is 0 Å². The van der Waals surface area contributed by atoms with Crippen LogP contribution >= 0.6 is 0 Å².